The molecule has 0 radical (unpaired) electrons. The average molecular weight is 299 g/mol. The maximum Gasteiger partial charge on any atom is 0.230 e. The molecule has 0 fully saturated rings. The number of nitrogens with one attached hydrogen (secondary N) is 1. The first kappa shape index (κ1) is 13.3. The van der Waals surface area contributed by atoms with Crippen LogP contribution in [0.4, 0.5) is 0 Å². The van der Waals surface area contributed by atoms with Crippen LogP contribution in [0.3, 0.4) is 0 Å². The van der Waals surface area contributed by atoms with Crippen LogP contribution in [0.1, 0.15) is 25.9 Å². The van der Waals surface area contributed by atoms with Crippen molar-refractivity contribution < 1.29 is 14.4 Å². The van der Waals surface area contributed by atoms with E-state index in [9.17, 15) is 14.4 Å². The number of amides is 1. The number of Topliss-reactive ketones (excluding diaryl/α,β-unsaturated/α-hetero) is 1. The first-order valence-electron chi connectivity index (χ1n) is 6.09. The second-order valence-electron chi connectivity index (χ2n) is 4.31. The van der Waals surface area contributed by atoms with Crippen molar-refractivity contribution in [3.63, 3.8) is 0 Å². The van der Waals surface area contributed by atoms with E-state index in [1.165, 1.54) is 23.7 Å². The zero-order valence-corrected chi connectivity index (χ0v) is 11.5. The first-order chi connectivity index (χ1) is 10.1. The van der Waals surface area contributed by atoms with Crippen LogP contribution < -0.4 is 5.32 Å². The maximum absolute atomic E-state index is 12.2. The van der Waals surface area contributed by atoms with Crippen molar-refractivity contribution in [3.05, 3.63) is 57.9 Å². The van der Waals surface area contributed by atoms with Gasteiger partial charge in [0, 0.05) is 23.3 Å². The Balaban J connectivity index is 1.79. The van der Waals surface area contributed by atoms with E-state index in [2.05, 4.69) is 15.3 Å². The number of carbonyl (C=O) groups is 3. The van der Waals surface area contributed by atoms with Crippen LogP contribution in [-0.4, -0.2) is 27.4 Å². The second kappa shape index (κ2) is 5.37. The predicted octanol–water partition coefficient (Wildman–Crippen LogP) is 1.16. The lowest BCUT2D eigenvalue weighted by atomic mass is 10.0. The van der Waals surface area contributed by atoms with E-state index in [4.69, 9.17) is 0 Å². The van der Waals surface area contributed by atoms with Gasteiger partial charge in [0.05, 0.1) is 12.1 Å². The number of thiophene rings is 1. The summed E-state index contributed by atoms with van der Waals surface area (Å²) < 4.78 is 0. The molecule has 21 heavy (non-hydrogen) atoms. The minimum atomic E-state index is -0.503. The molecule has 6 nitrogen and oxygen atoms in total. The molecule has 1 aliphatic rings. The fourth-order valence-electron chi connectivity index (χ4n) is 1.94. The van der Waals surface area contributed by atoms with Gasteiger partial charge in [-0.15, -0.1) is 11.3 Å². The average Bonchev–Trinajstić information content (AvgIpc) is 2.97. The Hall–Kier alpha value is -2.67. The van der Waals surface area contributed by atoms with E-state index < -0.39 is 11.6 Å². The van der Waals surface area contributed by atoms with Crippen molar-refractivity contribution in [2.24, 2.45) is 0 Å². The molecule has 3 rings (SSSR count). The number of ketones is 2. The molecule has 2 aromatic rings. The van der Waals surface area contributed by atoms with Gasteiger partial charge >= 0.3 is 0 Å². The second-order valence-corrected chi connectivity index (χ2v) is 5.34. The number of nitrogens with zero attached hydrogens (tertiary/aromatic N) is 2. The molecule has 2 heterocycles. The lowest BCUT2D eigenvalue weighted by molar-refractivity contribution is -0.119. The maximum atomic E-state index is 12.2. The molecule has 1 aliphatic carbocycles. The highest BCUT2D eigenvalue weighted by molar-refractivity contribution is 7.10. The summed E-state index contributed by atoms with van der Waals surface area (Å²) in [4.78, 5) is 44.5. The van der Waals surface area contributed by atoms with Gasteiger partial charge in [-0.1, -0.05) is 6.07 Å². The van der Waals surface area contributed by atoms with Gasteiger partial charge in [-0.25, -0.2) is 9.97 Å². The number of aromatic nitrogens is 2. The zero-order valence-electron chi connectivity index (χ0n) is 10.7. The summed E-state index contributed by atoms with van der Waals surface area (Å²) in [6.45, 7) is 0. The van der Waals surface area contributed by atoms with Crippen LogP contribution in [0.5, 0.6) is 0 Å². The van der Waals surface area contributed by atoms with Gasteiger partial charge in [0.25, 0.3) is 0 Å². The van der Waals surface area contributed by atoms with E-state index in [0.29, 0.717) is 0 Å². The number of hydrogen-bond acceptors (Lipinski definition) is 6. The van der Waals surface area contributed by atoms with Crippen molar-refractivity contribution in [2.45, 2.75) is 6.42 Å². The molecule has 0 saturated carbocycles. The van der Waals surface area contributed by atoms with Gasteiger partial charge in [-0.05, 0) is 11.4 Å². The lowest BCUT2D eigenvalue weighted by Crippen LogP contribution is -2.33. The quantitative estimate of drug-likeness (QED) is 0.918. The van der Waals surface area contributed by atoms with Crippen LogP contribution in [0.25, 0.3) is 0 Å². The van der Waals surface area contributed by atoms with Gasteiger partial charge in [0.2, 0.25) is 17.5 Å². The van der Waals surface area contributed by atoms with Crippen LogP contribution in [0.15, 0.2) is 41.7 Å². The molecular formula is C14H9N3O3S. The molecule has 0 spiro atoms. The molecule has 0 aromatic carbocycles. The van der Waals surface area contributed by atoms with E-state index >= 15 is 0 Å². The standard InChI is InChI=1S/C14H9N3O3S/c18-10-7-9(14(20)13-12(10)15-3-4-16-13)17-11(19)6-8-2-1-5-21-8/h1-5,7H,6H2,(H,17,19). The Bertz CT molecular complexity index is 766. The summed E-state index contributed by atoms with van der Waals surface area (Å²) in [7, 11) is 0. The highest BCUT2D eigenvalue weighted by Crippen LogP contribution is 2.16. The van der Waals surface area contributed by atoms with E-state index in [1.54, 1.807) is 0 Å². The van der Waals surface area contributed by atoms with Crippen LogP contribution >= 0.6 is 11.3 Å². The summed E-state index contributed by atoms with van der Waals surface area (Å²) in [5, 5.41) is 4.33. The Morgan fingerprint density at radius 2 is 1.95 bits per heavy atom. The number of fused-ring (bicyclic) bond motifs is 1. The van der Waals surface area contributed by atoms with Crippen LogP contribution in [-0.2, 0) is 11.2 Å². The van der Waals surface area contributed by atoms with Gasteiger partial charge in [-0.2, -0.15) is 0 Å². The first-order valence-corrected chi connectivity index (χ1v) is 6.97. The van der Waals surface area contributed by atoms with Gasteiger partial charge in [-0.3, -0.25) is 14.4 Å². The third-order valence-corrected chi connectivity index (χ3v) is 3.73. The van der Waals surface area contributed by atoms with E-state index in [-0.39, 0.29) is 29.4 Å². The highest BCUT2D eigenvalue weighted by Gasteiger charge is 2.28. The Labute approximate surface area is 123 Å². The Kier molecular flexibility index (Phi) is 3.41. The smallest absolute Gasteiger partial charge is 0.230 e. The third kappa shape index (κ3) is 2.63. The number of carbonyl (C=O) groups excluding carboxylic acids is 3. The normalized spacial score (nSPS) is 13.6. The predicted molar refractivity (Wildman–Crippen MR) is 74.9 cm³/mol. The van der Waals surface area contributed by atoms with Crippen molar-refractivity contribution >= 4 is 28.8 Å². The summed E-state index contributed by atoms with van der Waals surface area (Å²) in [5.41, 5.74) is -0.0789. The Morgan fingerprint density at radius 1 is 1.19 bits per heavy atom. The van der Waals surface area contributed by atoms with E-state index in [0.717, 1.165) is 11.0 Å². The summed E-state index contributed by atoms with van der Waals surface area (Å²) in [6.07, 6.45) is 3.92. The highest BCUT2D eigenvalue weighted by atomic mass is 32.1. The summed E-state index contributed by atoms with van der Waals surface area (Å²) in [6, 6.07) is 3.67. The molecule has 1 amide bonds. The van der Waals surface area contributed by atoms with Crippen molar-refractivity contribution in [3.8, 4) is 0 Å². The lowest BCUT2D eigenvalue weighted by Gasteiger charge is -2.13. The van der Waals surface area contributed by atoms with Crippen LogP contribution in [0.2, 0.25) is 0 Å². The number of allylic oxidation sites excluding steroid dienone is 2. The number of hydrogen-bond donors (Lipinski definition) is 1. The molecule has 0 bridgehead atoms. The van der Waals surface area contributed by atoms with Gasteiger partial charge < -0.3 is 5.32 Å². The topological polar surface area (TPSA) is 89.0 Å². The van der Waals surface area contributed by atoms with E-state index in [1.807, 2.05) is 17.5 Å². The largest absolute Gasteiger partial charge is 0.322 e. The van der Waals surface area contributed by atoms with Crippen molar-refractivity contribution in [2.75, 3.05) is 0 Å². The van der Waals surface area contributed by atoms with Crippen LogP contribution in [0, 0.1) is 0 Å². The SMILES string of the molecule is O=C(Cc1cccs1)NC1=CC(=O)c2nccnc2C1=O. The summed E-state index contributed by atoms with van der Waals surface area (Å²) in [5.74, 6) is -1.29. The molecule has 0 atom stereocenters. The molecule has 0 unspecified atom stereocenters. The van der Waals surface area contributed by atoms with Gasteiger partial charge in [0.15, 0.2) is 0 Å². The minimum Gasteiger partial charge on any atom is -0.322 e. The molecule has 0 saturated heterocycles. The van der Waals surface area contributed by atoms with Gasteiger partial charge in [0.1, 0.15) is 11.4 Å². The third-order valence-electron chi connectivity index (χ3n) is 2.86. The molecular weight excluding hydrogens is 290 g/mol. The fraction of sp³-hybridized carbons (Fsp3) is 0.0714. The minimum absolute atomic E-state index is 0.0127. The molecule has 2 aromatic heterocycles. The molecule has 104 valence electrons. The number of rotatable bonds is 3. The molecule has 1 N–H and O–H groups in total. The zero-order chi connectivity index (χ0) is 14.8. The Morgan fingerprint density at radius 3 is 2.67 bits per heavy atom. The summed E-state index contributed by atoms with van der Waals surface area (Å²) >= 11 is 1.45. The molecule has 7 heteroatoms. The van der Waals surface area contributed by atoms with Crippen molar-refractivity contribution in [1.82, 2.24) is 15.3 Å². The molecule has 0 aliphatic heterocycles. The fourth-order valence-corrected chi connectivity index (χ4v) is 2.64. The van der Waals surface area contributed by atoms with Crippen molar-refractivity contribution in [1.29, 1.82) is 0 Å². The monoisotopic (exact) mass is 299 g/mol.